The lowest BCUT2D eigenvalue weighted by atomic mass is 10.3. The molecule has 98 valence electrons. The van der Waals surface area contributed by atoms with Gasteiger partial charge in [-0.15, -0.1) is 0 Å². The van der Waals surface area contributed by atoms with E-state index in [1.165, 1.54) is 18.2 Å². The van der Waals surface area contributed by atoms with Gasteiger partial charge in [-0.05, 0) is 36.4 Å². The number of benzene rings is 1. The zero-order chi connectivity index (χ0) is 13.7. The highest BCUT2D eigenvalue weighted by Gasteiger charge is 2.05. The summed E-state index contributed by atoms with van der Waals surface area (Å²) < 4.78 is 18.0. The Morgan fingerprint density at radius 1 is 1.26 bits per heavy atom. The molecular weight excluding hydrogens is 249 g/mol. The number of anilines is 2. The number of aromatic nitrogens is 1. The molecular formula is C13H12FN3O2. The largest absolute Gasteiger partial charge is 0.484 e. The van der Waals surface area contributed by atoms with Crippen LogP contribution in [0, 0.1) is 5.95 Å². The van der Waals surface area contributed by atoms with E-state index >= 15 is 0 Å². The number of nitrogens with two attached hydrogens (primary N) is 1. The van der Waals surface area contributed by atoms with Crippen molar-refractivity contribution in [2.75, 3.05) is 17.7 Å². The highest BCUT2D eigenvalue weighted by Crippen LogP contribution is 2.13. The molecule has 2 rings (SSSR count). The topological polar surface area (TPSA) is 77.2 Å². The van der Waals surface area contributed by atoms with Crippen LogP contribution in [0.2, 0.25) is 0 Å². The lowest BCUT2D eigenvalue weighted by Crippen LogP contribution is -2.20. The van der Waals surface area contributed by atoms with Crippen molar-refractivity contribution in [1.29, 1.82) is 0 Å². The maximum Gasteiger partial charge on any atom is 0.263 e. The van der Waals surface area contributed by atoms with Gasteiger partial charge in [-0.25, -0.2) is 4.98 Å². The number of amides is 1. The molecule has 3 N–H and O–H groups in total. The van der Waals surface area contributed by atoms with Crippen molar-refractivity contribution < 1.29 is 13.9 Å². The number of rotatable bonds is 4. The maximum absolute atomic E-state index is 12.8. The van der Waals surface area contributed by atoms with E-state index in [1.54, 1.807) is 24.3 Å². The van der Waals surface area contributed by atoms with Crippen molar-refractivity contribution in [2.24, 2.45) is 0 Å². The molecule has 1 heterocycles. The van der Waals surface area contributed by atoms with Crippen LogP contribution in [-0.2, 0) is 4.79 Å². The first-order chi connectivity index (χ1) is 9.13. The smallest absolute Gasteiger partial charge is 0.263 e. The first kappa shape index (κ1) is 12.8. The van der Waals surface area contributed by atoms with Crippen LogP contribution in [0.5, 0.6) is 5.75 Å². The van der Waals surface area contributed by atoms with Gasteiger partial charge < -0.3 is 15.8 Å². The van der Waals surface area contributed by atoms with Crippen molar-refractivity contribution >= 4 is 17.4 Å². The third kappa shape index (κ3) is 3.95. The Bertz CT molecular complexity index is 572. The Balaban J connectivity index is 1.86. The predicted molar refractivity (Wildman–Crippen MR) is 69.2 cm³/mol. The standard InChI is InChI=1S/C13H12FN3O2/c14-11-2-1-3-12(16-11)17-13(18)8-19-10-6-4-9(15)5-7-10/h1-7H,8,15H2,(H,16,17,18). The van der Waals surface area contributed by atoms with E-state index in [2.05, 4.69) is 10.3 Å². The monoisotopic (exact) mass is 261 g/mol. The molecule has 0 aliphatic rings. The first-order valence-corrected chi connectivity index (χ1v) is 5.54. The molecule has 0 bridgehead atoms. The summed E-state index contributed by atoms with van der Waals surface area (Å²) in [6.45, 7) is -0.192. The molecule has 2 aromatic rings. The van der Waals surface area contributed by atoms with Gasteiger partial charge in [-0.1, -0.05) is 6.07 Å². The number of hydrogen-bond acceptors (Lipinski definition) is 4. The number of ether oxygens (including phenoxy) is 1. The van der Waals surface area contributed by atoms with Crippen molar-refractivity contribution in [1.82, 2.24) is 4.98 Å². The highest BCUT2D eigenvalue weighted by atomic mass is 19.1. The molecule has 1 aromatic heterocycles. The third-order valence-electron chi connectivity index (χ3n) is 2.23. The Kier molecular flexibility index (Phi) is 3.92. The fourth-order valence-corrected chi connectivity index (χ4v) is 1.37. The van der Waals surface area contributed by atoms with Gasteiger partial charge in [-0.3, -0.25) is 4.79 Å². The average molecular weight is 261 g/mol. The van der Waals surface area contributed by atoms with Crippen LogP contribution >= 0.6 is 0 Å². The van der Waals surface area contributed by atoms with E-state index in [-0.39, 0.29) is 12.4 Å². The molecule has 1 amide bonds. The van der Waals surface area contributed by atoms with Crippen LogP contribution in [0.3, 0.4) is 0 Å². The average Bonchev–Trinajstić information content (AvgIpc) is 2.38. The molecule has 0 aliphatic heterocycles. The Labute approximate surface area is 109 Å². The maximum atomic E-state index is 12.8. The van der Waals surface area contributed by atoms with Gasteiger partial charge in [0.15, 0.2) is 6.61 Å². The van der Waals surface area contributed by atoms with Gasteiger partial charge in [-0.2, -0.15) is 4.39 Å². The number of hydrogen-bond donors (Lipinski definition) is 2. The summed E-state index contributed by atoms with van der Waals surface area (Å²) in [5.74, 6) is -0.408. The Morgan fingerprint density at radius 2 is 2.00 bits per heavy atom. The number of nitrogen functional groups attached to an aromatic ring is 1. The van der Waals surface area contributed by atoms with Crippen LogP contribution in [0.4, 0.5) is 15.9 Å². The molecule has 0 unspecified atom stereocenters. The fraction of sp³-hybridized carbons (Fsp3) is 0.0769. The molecule has 0 radical (unpaired) electrons. The van der Waals surface area contributed by atoms with Crippen molar-refractivity contribution in [3.63, 3.8) is 0 Å². The van der Waals surface area contributed by atoms with Gasteiger partial charge in [0.1, 0.15) is 11.6 Å². The lowest BCUT2D eigenvalue weighted by molar-refractivity contribution is -0.118. The fourth-order valence-electron chi connectivity index (χ4n) is 1.37. The Morgan fingerprint density at radius 3 is 2.68 bits per heavy atom. The Hall–Kier alpha value is -2.63. The van der Waals surface area contributed by atoms with Crippen LogP contribution < -0.4 is 15.8 Å². The van der Waals surface area contributed by atoms with E-state index in [0.717, 1.165) is 0 Å². The summed E-state index contributed by atoms with van der Waals surface area (Å²) in [5.41, 5.74) is 6.13. The third-order valence-corrected chi connectivity index (χ3v) is 2.23. The second-order valence-electron chi connectivity index (χ2n) is 3.75. The molecule has 0 saturated heterocycles. The van der Waals surface area contributed by atoms with E-state index < -0.39 is 11.9 Å². The summed E-state index contributed by atoms with van der Waals surface area (Å²) in [6, 6.07) is 10.8. The van der Waals surface area contributed by atoms with Crippen LogP contribution in [0.25, 0.3) is 0 Å². The van der Waals surface area contributed by atoms with E-state index in [0.29, 0.717) is 11.4 Å². The molecule has 1 aromatic carbocycles. The molecule has 0 spiro atoms. The van der Waals surface area contributed by atoms with Gasteiger partial charge in [0.05, 0.1) is 0 Å². The minimum atomic E-state index is -0.655. The highest BCUT2D eigenvalue weighted by molar-refractivity contribution is 5.90. The number of carbonyl (C=O) groups excluding carboxylic acids is 1. The second-order valence-corrected chi connectivity index (χ2v) is 3.75. The van der Waals surface area contributed by atoms with Gasteiger partial charge in [0.2, 0.25) is 5.95 Å². The van der Waals surface area contributed by atoms with Crippen LogP contribution in [0.1, 0.15) is 0 Å². The zero-order valence-corrected chi connectivity index (χ0v) is 9.97. The molecule has 19 heavy (non-hydrogen) atoms. The number of carbonyl (C=O) groups is 1. The second kappa shape index (κ2) is 5.81. The quantitative estimate of drug-likeness (QED) is 0.650. The van der Waals surface area contributed by atoms with Gasteiger partial charge >= 0.3 is 0 Å². The van der Waals surface area contributed by atoms with Crippen LogP contribution in [0.15, 0.2) is 42.5 Å². The molecule has 6 heteroatoms. The molecule has 0 aliphatic carbocycles. The number of nitrogens with one attached hydrogen (secondary N) is 1. The minimum absolute atomic E-state index is 0.144. The van der Waals surface area contributed by atoms with Crippen molar-refractivity contribution in [3.05, 3.63) is 48.4 Å². The molecule has 0 saturated carbocycles. The minimum Gasteiger partial charge on any atom is -0.484 e. The summed E-state index contributed by atoms with van der Waals surface area (Å²) in [6.07, 6.45) is 0. The first-order valence-electron chi connectivity index (χ1n) is 5.54. The van der Waals surface area contributed by atoms with Crippen molar-refractivity contribution in [2.45, 2.75) is 0 Å². The zero-order valence-electron chi connectivity index (χ0n) is 9.97. The summed E-state index contributed by atoms with van der Waals surface area (Å²) in [7, 11) is 0. The van der Waals surface area contributed by atoms with E-state index in [1.807, 2.05) is 0 Å². The molecule has 0 fully saturated rings. The molecule has 5 nitrogen and oxygen atoms in total. The summed E-state index contributed by atoms with van der Waals surface area (Å²) >= 11 is 0. The predicted octanol–water partition coefficient (Wildman–Crippen LogP) is 1.82. The number of halogens is 1. The van der Waals surface area contributed by atoms with Crippen molar-refractivity contribution in [3.8, 4) is 5.75 Å². The number of nitrogens with zero attached hydrogens (tertiary/aromatic N) is 1. The van der Waals surface area contributed by atoms with Gasteiger partial charge in [0.25, 0.3) is 5.91 Å². The summed E-state index contributed by atoms with van der Waals surface area (Å²) in [4.78, 5) is 15.0. The van der Waals surface area contributed by atoms with Gasteiger partial charge in [0, 0.05) is 5.69 Å². The lowest BCUT2D eigenvalue weighted by Gasteiger charge is -2.07. The number of pyridine rings is 1. The normalized spacial score (nSPS) is 9.95. The van der Waals surface area contributed by atoms with E-state index in [4.69, 9.17) is 10.5 Å². The summed E-state index contributed by atoms with van der Waals surface area (Å²) in [5, 5.41) is 2.42. The SMILES string of the molecule is Nc1ccc(OCC(=O)Nc2cccc(F)n2)cc1. The van der Waals surface area contributed by atoms with E-state index in [9.17, 15) is 9.18 Å². The molecule has 0 atom stereocenters. The van der Waals surface area contributed by atoms with Crippen LogP contribution in [-0.4, -0.2) is 17.5 Å².